The number of rotatable bonds is 4. The lowest BCUT2D eigenvalue weighted by atomic mass is 10.2. The molecule has 150 valence electrons. The van der Waals surface area contributed by atoms with Crippen LogP contribution in [0.5, 0.6) is 0 Å². The number of nitrogens with one attached hydrogen (secondary N) is 1. The molecule has 1 fully saturated rings. The van der Waals surface area contributed by atoms with E-state index in [0.717, 1.165) is 36.4 Å². The van der Waals surface area contributed by atoms with Crippen LogP contribution in [0.4, 0.5) is 18.9 Å². The van der Waals surface area contributed by atoms with Crippen molar-refractivity contribution in [3.05, 3.63) is 59.4 Å². The summed E-state index contributed by atoms with van der Waals surface area (Å²) in [5.41, 5.74) is -1.55. The first-order valence-corrected chi connectivity index (χ1v) is 11.4. The van der Waals surface area contributed by atoms with Crippen molar-refractivity contribution in [2.75, 3.05) is 16.8 Å². The van der Waals surface area contributed by atoms with Gasteiger partial charge in [0.25, 0.3) is 5.91 Å². The maximum absolute atomic E-state index is 14.1. The SMILES string of the molecule is O=C(Nc1c(F)cccc1F)c1cc(S(=O)(=O)C2CCS(=O)(=O)C2)ccc1F. The third-order valence-electron chi connectivity index (χ3n) is 4.34. The molecule has 1 saturated heterocycles. The molecule has 1 heterocycles. The van der Waals surface area contributed by atoms with Gasteiger partial charge in [0.15, 0.2) is 19.7 Å². The van der Waals surface area contributed by atoms with Crippen molar-refractivity contribution < 1.29 is 34.8 Å². The zero-order chi connectivity index (χ0) is 20.7. The Hall–Kier alpha value is -2.40. The van der Waals surface area contributed by atoms with Crippen LogP contribution in [-0.4, -0.2) is 39.5 Å². The molecule has 3 rings (SSSR count). The number of hydrogen-bond acceptors (Lipinski definition) is 5. The van der Waals surface area contributed by atoms with Gasteiger partial charge in [0.1, 0.15) is 23.1 Å². The summed E-state index contributed by atoms with van der Waals surface area (Å²) in [5.74, 6) is -5.38. The van der Waals surface area contributed by atoms with E-state index in [-0.39, 0.29) is 12.2 Å². The molecule has 1 aliphatic heterocycles. The Kier molecular flexibility index (Phi) is 5.24. The van der Waals surface area contributed by atoms with Gasteiger partial charge in [0, 0.05) is 0 Å². The van der Waals surface area contributed by atoms with Crippen LogP contribution in [0.25, 0.3) is 0 Å². The largest absolute Gasteiger partial charge is 0.317 e. The molecule has 0 radical (unpaired) electrons. The minimum absolute atomic E-state index is 0.107. The summed E-state index contributed by atoms with van der Waals surface area (Å²) in [6.45, 7) is 0. The van der Waals surface area contributed by atoms with Crippen molar-refractivity contribution in [2.45, 2.75) is 16.6 Å². The third-order valence-corrected chi connectivity index (χ3v) is 8.51. The van der Waals surface area contributed by atoms with Crippen LogP contribution in [-0.2, 0) is 19.7 Å². The molecule has 0 aromatic heterocycles. The number of halogens is 3. The Labute approximate surface area is 159 Å². The molecule has 1 unspecified atom stereocenters. The van der Waals surface area contributed by atoms with Gasteiger partial charge in [0.2, 0.25) is 0 Å². The normalized spacial score (nSPS) is 18.8. The van der Waals surface area contributed by atoms with Crippen LogP contribution >= 0.6 is 0 Å². The Morgan fingerprint density at radius 1 is 1.04 bits per heavy atom. The second-order valence-electron chi connectivity index (χ2n) is 6.26. The van der Waals surface area contributed by atoms with E-state index in [4.69, 9.17) is 0 Å². The Morgan fingerprint density at radius 3 is 2.25 bits per heavy atom. The van der Waals surface area contributed by atoms with Crippen molar-refractivity contribution in [1.29, 1.82) is 0 Å². The summed E-state index contributed by atoms with van der Waals surface area (Å²) >= 11 is 0. The molecule has 11 heteroatoms. The molecule has 0 saturated carbocycles. The van der Waals surface area contributed by atoms with E-state index in [0.29, 0.717) is 0 Å². The van der Waals surface area contributed by atoms with Crippen LogP contribution in [0.15, 0.2) is 41.3 Å². The number of carbonyl (C=O) groups is 1. The van der Waals surface area contributed by atoms with E-state index in [1.54, 1.807) is 0 Å². The van der Waals surface area contributed by atoms with Crippen molar-refractivity contribution >= 4 is 31.3 Å². The van der Waals surface area contributed by atoms with Gasteiger partial charge in [-0.15, -0.1) is 0 Å². The second-order valence-corrected chi connectivity index (χ2v) is 10.7. The molecule has 6 nitrogen and oxygen atoms in total. The summed E-state index contributed by atoms with van der Waals surface area (Å²) in [6.07, 6.45) is -0.107. The zero-order valence-corrected chi connectivity index (χ0v) is 15.8. The van der Waals surface area contributed by atoms with Crippen LogP contribution in [0.1, 0.15) is 16.8 Å². The summed E-state index contributed by atoms with van der Waals surface area (Å²) in [4.78, 5) is 11.8. The monoisotopic (exact) mass is 433 g/mol. The van der Waals surface area contributed by atoms with E-state index < -0.39 is 70.2 Å². The second kappa shape index (κ2) is 7.21. The molecule has 0 spiro atoms. The average molecular weight is 433 g/mol. The maximum atomic E-state index is 14.1. The Bertz CT molecular complexity index is 1140. The third kappa shape index (κ3) is 3.90. The lowest BCUT2D eigenvalue weighted by Gasteiger charge is -2.12. The molecular formula is C17H14F3NO5S2. The van der Waals surface area contributed by atoms with Crippen molar-refractivity contribution in [1.82, 2.24) is 0 Å². The van der Waals surface area contributed by atoms with Gasteiger partial charge in [-0.2, -0.15) is 0 Å². The molecule has 0 bridgehead atoms. The van der Waals surface area contributed by atoms with Gasteiger partial charge in [0.05, 0.1) is 27.2 Å². The number of benzene rings is 2. The van der Waals surface area contributed by atoms with E-state index >= 15 is 0 Å². The number of carbonyl (C=O) groups excluding carboxylic acids is 1. The van der Waals surface area contributed by atoms with E-state index in [9.17, 15) is 34.8 Å². The first-order chi connectivity index (χ1) is 13.0. The molecule has 2 aromatic carbocycles. The first kappa shape index (κ1) is 20.3. The molecule has 1 N–H and O–H groups in total. The number of hydrogen-bond donors (Lipinski definition) is 1. The standard InChI is InChI=1S/C17H14F3NO5S2/c18-13-5-4-10(28(25,26)11-6-7-27(23,24)9-11)8-12(13)17(22)21-16-14(19)2-1-3-15(16)20/h1-5,8,11H,6-7,9H2,(H,21,22). The molecular weight excluding hydrogens is 419 g/mol. The average Bonchev–Trinajstić information content (AvgIpc) is 2.99. The summed E-state index contributed by atoms with van der Waals surface area (Å²) in [7, 11) is -7.63. The van der Waals surface area contributed by atoms with Crippen LogP contribution in [0.2, 0.25) is 0 Å². The highest BCUT2D eigenvalue weighted by Gasteiger charge is 2.38. The quantitative estimate of drug-likeness (QED) is 0.747. The minimum Gasteiger partial charge on any atom is -0.317 e. The van der Waals surface area contributed by atoms with Crippen molar-refractivity contribution in [2.24, 2.45) is 0 Å². The maximum Gasteiger partial charge on any atom is 0.258 e. The zero-order valence-electron chi connectivity index (χ0n) is 14.2. The lowest BCUT2D eigenvalue weighted by Crippen LogP contribution is -2.23. The van der Waals surface area contributed by atoms with Gasteiger partial charge in [-0.1, -0.05) is 6.07 Å². The smallest absolute Gasteiger partial charge is 0.258 e. The van der Waals surface area contributed by atoms with Crippen molar-refractivity contribution in [3.8, 4) is 0 Å². The number of sulfone groups is 2. The summed E-state index contributed by atoms with van der Waals surface area (Å²) in [6, 6.07) is 5.21. The van der Waals surface area contributed by atoms with Crippen LogP contribution in [0, 0.1) is 17.5 Å². The topological polar surface area (TPSA) is 97.4 Å². The lowest BCUT2D eigenvalue weighted by molar-refractivity contribution is 0.102. The van der Waals surface area contributed by atoms with Gasteiger partial charge >= 0.3 is 0 Å². The number of amides is 1. The van der Waals surface area contributed by atoms with Gasteiger partial charge in [-0.25, -0.2) is 30.0 Å². The van der Waals surface area contributed by atoms with Gasteiger partial charge < -0.3 is 5.32 Å². The van der Waals surface area contributed by atoms with Gasteiger partial charge in [-0.3, -0.25) is 4.79 Å². The Morgan fingerprint density at radius 2 is 1.68 bits per heavy atom. The van der Waals surface area contributed by atoms with E-state index in [1.165, 1.54) is 0 Å². The fourth-order valence-corrected chi connectivity index (χ4v) is 7.24. The van der Waals surface area contributed by atoms with E-state index in [2.05, 4.69) is 0 Å². The molecule has 1 amide bonds. The fraction of sp³-hybridized carbons (Fsp3) is 0.235. The molecule has 0 aliphatic carbocycles. The van der Waals surface area contributed by atoms with Crippen LogP contribution < -0.4 is 5.32 Å². The highest BCUT2D eigenvalue weighted by Crippen LogP contribution is 2.27. The predicted molar refractivity (Wildman–Crippen MR) is 95.0 cm³/mol. The molecule has 1 atom stereocenters. The number of para-hydroxylation sites is 1. The molecule has 2 aromatic rings. The first-order valence-electron chi connectivity index (χ1n) is 8.00. The fourth-order valence-electron chi connectivity index (χ4n) is 2.85. The van der Waals surface area contributed by atoms with E-state index in [1.807, 2.05) is 5.32 Å². The Balaban J connectivity index is 1.95. The minimum atomic E-state index is -4.15. The molecule has 28 heavy (non-hydrogen) atoms. The highest BCUT2D eigenvalue weighted by atomic mass is 32.2. The molecule has 1 aliphatic rings. The van der Waals surface area contributed by atoms with Crippen LogP contribution in [0.3, 0.4) is 0 Å². The summed E-state index contributed by atoms with van der Waals surface area (Å²) < 4.78 is 89.8. The summed E-state index contributed by atoms with van der Waals surface area (Å²) in [5, 5.41) is 0.672. The highest BCUT2D eigenvalue weighted by molar-refractivity contribution is 7.96. The predicted octanol–water partition coefficient (Wildman–Crippen LogP) is 2.32. The van der Waals surface area contributed by atoms with Crippen molar-refractivity contribution in [3.63, 3.8) is 0 Å². The van der Waals surface area contributed by atoms with Gasteiger partial charge in [-0.05, 0) is 36.8 Å². The number of anilines is 1.